The first-order valence-electron chi connectivity index (χ1n) is 14.7. The van der Waals surface area contributed by atoms with Crippen molar-refractivity contribution in [2.45, 2.75) is 30.9 Å². The lowest BCUT2D eigenvalue weighted by atomic mass is 10.0. The Bertz CT molecular complexity index is 1940. The van der Waals surface area contributed by atoms with Gasteiger partial charge in [0.2, 0.25) is 12.5 Å². The van der Waals surface area contributed by atoms with Crippen molar-refractivity contribution < 1.29 is 44.0 Å². The van der Waals surface area contributed by atoms with Crippen LogP contribution in [0.1, 0.15) is 17.7 Å². The molecular weight excluding hydrogens is 677 g/mol. The Morgan fingerprint density at radius 1 is 1.16 bits per heavy atom. The summed E-state index contributed by atoms with van der Waals surface area (Å²) in [6, 6.07) is 8.62. The van der Waals surface area contributed by atoms with Gasteiger partial charge < -0.3 is 41.5 Å². The molecule has 252 valence electrons. The van der Waals surface area contributed by atoms with E-state index in [0.717, 1.165) is 21.8 Å². The maximum atomic E-state index is 13.3. The van der Waals surface area contributed by atoms with Crippen molar-refractivity contribution in [1.29, 1.82) is 0 Å². The quantitative estimate of drug-likeness (QED) is 0.0337. The van der Waals surface area contributed by atoms with Crippen molar-refractivity contribution >= 4 is 69.2 Å². The number of nitrogens with two attached hydrogens (primary N) is 1. The number of carboxylic acids is 1. The Kier molecular flexibility index (Phi) is 9.32. The first-order valence-corrected chi connectivity index (χ1v) is 16.7. The number of hydrogen-bond acceptors (Lipinski definition) is 13. The lowest BCUT2D eigenvalue weighted by Gasteiger charge is -2.50. The van der Waals surface area contributed by atoms with Gasteiger partial charge >= 0.3 is 0 Å². The van der Waals surface area contributed by atoms with Crippen LogP contribution in [0.5, 0.6) is 5.75 Å². The fraction of sp³-hybridized carbons (Fsp3) is 0.226. The van der Waals surface area contributed by atoms with E-state index in [1.165, 1.54) is 35.4 Å². The number of oxime groups is 1. The van der Waals surface area contributed by atoms with Crippen LogP contribution in [0.4, 0.5) is 10.8 Å². The van der Waals surface area contributed by atoms with Gasteiger partial charge in [-0.25, -0.2) is 4.98 Å². The molecule has 0 unspecified atom stereocenters. The van der Waals surface area contributed by atoms with Crippen LogP contribution in [-0.2, 0) is 37.1 Å². The van der Waals surface area contributed by atoms with Gasteiger partial charge in [-0.15, -0.1) is 23.1 Å². The molecule has 49 heavy (non-hydrogen) atoms. The van der Waals surface area contributed by atoms with E-state index in [1.807, 2.05) is 0 Å². The van der Waals surface area contributed by atoms with Gasteiger partial charge in [-0.3, -0.25) is 24.1 Å². The number of rotatable bonds is 10. The van der Waals surface area contributed by atoms with Crippen molar-refractivity contribution in [2.75, 3.05) is 23.3 Å². The second-order valence-corrected chi connectivity index (χ2v) is 13.2. The molecule has 0 aliphatic carbocycles. The molecule has 6 rings (SSSR count). The number of anilines is 2. The number of nitrogens with one attached hydrogen (secondary N) is 2. The van der Waals surface area contributed by atoms with Crippen molar-refractivity contribution in [1.82, 2.24) is 20.1 Å². The number of aromatic nitrogens is 2. The Hall–Kier alpha value is -5.75. The third-order valence-electron chi connectivity index (χ3n) is 7.93. The standard InChI is InChI=1S/C31H28N8O8S2/c32-31-34-21(15-49-31)23(36-47)26(42)35-24-28(44)39-25(30(45)46)18(14-48-29(24)39)11-17-7-10-38(27(17)43)12-16-5-8-37(9-6-16)13-22(41)33-19-1-3-20(40)4-2-19/h1-6,8-9,11,15,24,29H,7,10,12-14H2,(H6-,32,33,34,35,36,40,41,42,45,46,47)/b17-11+/t24-,29-/m1/s1. The highest BCUT2D eigenvalue weighted by Gasteiger charge is 2.53. The van der Waals surface area contributed by atoms with Crippen LogP contribution in [0.15, 0.2) is 82.2 Å². The number of carbonyl (C=O) groups excluding carboxylic acids is 5. The zero-order valence-corrected chi connectivity index (χ0v) is 27.1. The van der Waals surface area contributed by atoms with Gasteiger partial charge in [0.1, 0.15) is 22.9 Å². The summed E-state index contributed by atoms with van der Waals surface area (Å²) >= 11 is 2.23. The van der Waals surface area contributed by atoms with Crippen LogP contribution in [0.25, 0.3) is 0 Å². The fourth-order valence-corrected chi connectivity index (χ4v) is 7.41. The average molecular weight is 705 g/mol. The number of amides is 4. The number of aliphatic carboxylic acids is 1. The highest BCUT2D eigenvalue weighted by Crippen LogP contribution is 2.41. The minimum atomic E-state index is -1.59. The zero-order valence-electron chi connectivity index (χ0n) is 25.4. The first-order chi connectivity index (χ1) is 23.5. The van der Waals surface area contributed by atoms with Gasteiger partial charge in [0.05, 0.1) is 11.7 Å². The predicted octanol–water partition coefficient (Wildman–Crippen LogP) is -0.702. The second-order valence-electron chi connectivity index (χ2n) is 11.2. The van der Waals surface area contributed by atoms with Crippen molar-refractivity contribution in [2.24, 2.45) is 5.16 Å². The number of thioether (sulfide) groups is 1. The molecule has 18 heteroatoms. The van der Waals surface area contributed by atoms with E-state index >= 15 is 0 Å². The molecule has 0 bridgehead atoms. The number of phenolic OH excluding ortho intramolecular Hbond substituents is 1. The van der Waals surface area contributed by atoms with Crippen molar-refractivity contribution in [3.63, 3.8) is 0 Å². The number of thiazole rings is 1. The molecule has 4 amide bonds. The molecule has 3 aromatic rings. The smallest absolute Gasteiger partial charge is 0.290 e. The SMILES string of the molecule is Nc1nc(/C(=N/O)C(=O)N[C@@H]2C(=O)N3C(C(=O)[O-])=C(/C=C4\CCN(Cc5cc[n+](CC(=O)Nc6ccc(O)cc6)cc5)C4=O)CS[C@H]23)cs1. The van der Waals surface area contributed by atoms with Gasteiger partial charge in [0.15, 0.2) is 23.2 Å². The van der Waals surface area contributed by atoms with E-state index in [9.17, 15) is 39.4 Å². The van der Waals surface area contributed by atoms with E-state index in [4.69, 9.17) is 5.73 Å². The molecule has 2 atom stereocenters. The number of nitrogens with zero attached hydrogens (tertiary/aromatic N) is 5. The molecule has 0 spiro atoms. The summed E-state index contributed by atoms with van der Waals surface area (Å²) in [7, 11) is 0. The highest BCUT2D eigenvalue weighted by molar-refractivity contribution is 8.00. The first kappa shape index (κ1) is 33.2. The molecule has 5 heterocycles. The fourth-order valence-electron chi connectivity index (χ4n) is 5.55. The van der Waals surface area contributed by atoms with E-state index in [0.29, 0.717) is 30.8 Å². The van der Waals surface area contributed by atoms with E-state index in [-0.39, 0.29) is 52.0 Å². The van der Waals surface area contributed by atoms with Crippen LogP contribution in [0, 0.1) is 0 Å². The Labute approximate surface area is 286 Å². The largest absolute Gasteiger partial charge is 0.543 e. The molecule has 3 aliphatic heterocycles. The second kappa shape index (κ2) is 13.8. The molecule has 0 radical (unpaired) electrons. The number of phenols is 1. The molecular formula is C31H28N8O8S2. The maximum Gasteiger partial charge on any atom is 0.290 e. The number of aromatic hydroxyl groups is 1. The zero-order chi connectivity index (χ0) is 34.8. The number of β-lactam (4-membered cyclic amide) rings is 1. The number of carboxylic acid groups (broad SMARTS) is 1. The number of hydrogen-bond donors (Lipinski definition) is 5. The van der Waals surface area contributed by atoms with Crippen LogP contribution in [0.2, 0.25) is 0 Å². The van der Waals surface area contributed by atoms with Crippen LogP contribution in [-0.4, -0.2) is 84.1 Å². The van der Waals surface area contributed by atoms with Crippen LogP contribution in [0.3, 0.4) is 0 Å². The molecule has 2 aromatic heterocycles. The van der Waals surface area contributed by atoms with Crippen LogP contribution >= 0.6 is 23.1 Å². The summed E-state index contributed by atoms with van der Waals surface area (Å²) < 4.78 is 1.68. The number of nitrogen functional groups attached to an aromatic ring is 1. The number of fused-ring (bicyclic) bond motifs is 1. The normalized spacial score (nSPS) is 19.9. The molecule has 2 saturated heterocycles. The van der Waals surface area contributed by atoms with Gasteiger partial charge in [-0.1, -0.05) is 5.16 Å². The number of carbonyl (C=O) groups is 5. The Morgan fingerprint density at radius 2 is 1.90 bits per heavy atom. The van der Waals surface area contributed by atoms with E-state index < -0.39 is 34.9 Å². The van der Waals surface area contributed by atoms with Crippen LogP contribution < -0.4 is 26.0 Å². The third-order valence-corrected chi connectivity index (χ3v) is 9.91. The molecule has 6 N–H and O–H groups in total. The molecule has 3 aliphatic rings. The maximum absolute atomic E-state index is 13.3. The van der Waals surface area contributed by atoms with Crippen molar-refractivity contribution in [3.05, 3.63) is 88.3 Å². The minimum absolute atomic E-state index is 0.0186. The van der Waals surface area contributed by atoms with E-state index in [2.05, 4.69) is 20.8 Å². The van der Waals surface area contributed by atoms with Crippen molar-refractivity contribution in [3.8, 4) is 5.75 Å². The summed E-state index contributed by atoms with van der Waals surface area (Å²) in [5, 5.41) is 40.0. The number of benzene rings is 1. The number of likely N-dealkylation sites (tertiary alicyclic amines) is 1. The number of allylic oxidation sites excluding steroid dienone is 1. The monoisotopic (exact) mass is 704 g/mol. The predicted molar refractivity (Wildman–Crippen MR) is 173 cm³/mol. The van der Waals surface area contributed by atoms with Gasteiger partial charge in [0.25, 0.3) is 17.7 Å². The lowest BCUT2D eigenvalue weighted by Crippen LogP contribution is -2.71. The number of pyridine rings is 1. The summed E-state index contributed by atoms with van der Waals surface area (Å²) in [5.74, 6) is -3.49. The molecule has 0 saturated carbocycles. The third kappa shape index (κ3) is 6.95. The summed E-state index contributed by atoms with van der Waals surface area (Å²) in [6.07, 6.45) is 5.30. The average Bonchev–Trinajstić information content (AvgIpc) is 3.66. The summed E-state index contributed by atoms with van der Waals surface area (Å²) in [4.78, 5) is 70.3. The lowest BCUT2D eigenvalue weighted by molar-refractivity contribution is -0.684. The molecule has 2 fully saturated rings. The summed E-state index contributed by atoms with van der Waals surface area (Å²) in [6.45, 7) is 0.741. The Balaban J connectivity index is 1.08. The van der Waals surface area contributed by atoms with Gasteiger partial charge in [-0.05, 0) is 47.9 Å². The van der Waals surface area contributed by atoms with Gasteiger partial charge in [0, 0.05) is 47.6 Å². The molecule has 1 aromatic carbocycles. The molecule has 16 nitrogen and oxygen atoms in total. The van der Waals surface area contributed by atoms with E-state index in [1.54, 1.807) is 46.1 Å². The summed E-state index contributed by atoms with van der Waals surface area (Å²) in [5.41, 5.74) is 6.79. The highest BCUT2D eigenvalue weighted by atomic mass is 32.2. The van der Waals surface area contributed by atoms with Gasteiger partial charge in [-0.2, -0.15) is 4.57 Å². The Morgan fingerprint density at radius 3 is 2.55 bits per heavy atom. The minimum Gasteiger partial charge on any atom is -0.543 e. The topological polar surface area (TPSA) is 235 Å².